The molecule has 23 heavy (non-hydrogen) atoms. The van der Waals surface area contributed by atoms with Crippen molar-refractivity contribution < 1.29 is 32.5 Å². The molecule has 1 heterocycles. The fraction of sp³-hybridized carbons (Fsp3) is 0.500. The number of phenols is 1. The molecule has 0 atom stereocenters. The van der Waals surface area contributed by atoms with Gasteiger partial charge in [-0.15, -0.1) is 0 Å². The zero-order chi connectivity index (χ0) is 16.9. The molecular weight excluding hydrogens is 324 g/mol. The van der Waals surface area contributed by atoms with Crippen molar-refractivity contribution in [3.8, 4) is 11.5 Å². The second kappa shape index (κ2) is 7.62. The van der Waals surface area contributed by atoms with Crippen LogP contribution in [0.3, 0.4) is 0 Å². The van der Waals surface area contributed by atoms with E-state index in [4.69, 9.17) is 9.84 Å². The van der Waals surface area contributed by atoms with Gasteiger partial charge in [-0.1, -0.05) is 0 Å². The fourth-order valence-corrected chi connectivity index (χ4v) is 2.91. The molecule has 1 aliphatic rings. The lowest BCUT2D eigenvalue weighted by Gasteiger charge is -2.32. The molecule has 8 nitrogen and oxygen atoms in total. The van der Waals surface area contributed by atoms with Gasteiger partial charge >= 0.3 is 0 Å². The van der Waals surface area contributed by atoms with Gasteiger partial charge in [0.05, 0.1) is 38.5 Å². The van der Waals surface area contributed by atoms with Crippen molar-refractivity contribution in [2.45, 2.75) is 0 Å². The lowest BCUT2D eigenvalue weighted by molar-refractivity contribution is -0.901. The lowest BCUT2D eigenvalue weighted by atomic mass is 10.3. The molecule has 1 aromatic rings. The molecule has 0 unspecified atom stereocenters. The Bertz CT molecular complexity index is 623. The van der Waals surface area contributed by atoms with E-state index < -0.39 is 10.1 Å². The quantitative estimate of drug-likeness (QED) is 0.580. The minimum absolute atomic E-state index is 0.0882. The average Bonchev–Trinajstić information content (AvgIpc) is 2.52. The largest absolute Gasteiger partial charge is 0.748 e. The summed E-state index contributed by atoms with van der Waals surface area (Å²) in [5.74, 6) is 0.109. The maximum absolute atomic E-state index is 12.1. The first-order valence-electron chi connectivity index (χ1n) is 7.30. The number of nitrogens with one attached hydrogen (secondary N) is 1. The molecular formula is C14H20N2O6S. The highest BCUT2D eigenvalue weighted by atomic mass is 32.2. The summed E-state index contributed by atoms with van der Waals surface area (Å²) in [4.78, 5) is 14.7. The SMILES string of the molecule is O=C(COc1ccc(O)cc1)N1CC[NH+](CCS(=O)(=O)[O-])CC1. The van der Waals surface area contributed by atoms with Crippen molar-refractivity contribution in [2.75, 3.05) is 45.1 Å². The van der Waals surface area contributed by atoms with Crippen LogP contribution in [0.5, 0.6) is 11.5 Å². The Morgan fingerprint density at radius 3 is 2.43 bits per heavy atom. The van der Waals surface area contributed by atoms with Crippen molar-refractivity contribution in [1.82, 2.24) is 4.90 Å². The molecule has 0 radical (unpaired) electrons. The van der Waals surface area contributed by atoms with Crippen LogP contribution in [0.2, 0.25) is 0 Å². The van der Waals surface area contributed by atoms with E-state index in [1.165, 1.54) is 12.1 Å². The van der Waals surface area contributed by atoms with Crippen LogP contribution in [-0.2, 0) is 14.9 Å². The molecule has 0 saturated carbocycles. The third-order valence-electron chi connectivity index (χ3n) is 3.73. The smallest absolute Gasteiger partial charge is 0.260 e. The molecule has 9 heteroatoms. The van der Waals surface area contributed by atoms with Crippen molar-refractivity contribution in [3.05, 3.63) is 24.3 Å². The van der Waals surface area contributed by atoms with Gasteiger partial charge in [-0.25, -0.2) is 8.42 Å². The maximum atomic E-state index is 12.1. The Morgan fingerprint density at radius 1 is 1.26 bits per heavy atom. The van der Waals surface area contributed by atoms with E-state index >= 15 is 0 Å². The van der Waals surface area contributed by atoms with Gasteiger partial charge in [0.15, 0.2) is 6.61 Å². The zero-order valence-corrected chi connectivity index (χ0v) is 13.4. The summed E-state index contributed by atoms with van der Waals surface area (Å²) in [6.45, 7) is 2.42. The Balaban J connectivity index is 1.72. The highest BCUT2D eigenvalue weighted by molar-refractivity contribution is 7.85. The molecule has 0 aromatic heterocycles. The second-order valence-electron chi connectivity index (χ2n) is 5.43. The van der Waals surface area contributed by atoms with Crippen LogP contribution in [0.4, 0.5) is 0 Å². The molecule has 2 N–H and O–H groups in total. The van der Waals surface area contributed by atoms with Gasteiger partial charge < -0.3 is 24.2 Å². The number of aromatic hydroxyl groups is 1. The third kappa shape index (κ3) is 6.05. The fourth-order valence-electron chi connectivity index (χ4n) is 2.37. The van der Waals surface area contributed by atoms with E-state index in [9.17, 15) is 17.8 Å². The Kier molecular flexibility index (Phi) is 5.80. The van der Waals surface area contributed by atoms with Gasteiger partial charge in [-0.2, -0.15) is 0 Å². The van der Waals surface area contributed by atoms with Crippen molar-refractivity contribution in [2.24, 2.45) is 0 Å². The molecule has 2 rings (SSSR count). The number of carbonyl (C=O) groups excluding carboxylic acids is 1. The molecule has 0 bridgehead atoms. The first kappa shape index (κ1) is 17.5. The number of phenolic OH excluding ortho intramolecular Hbond substituents is 1. The van der Waals surface area contributed by atoms with Crippen LogP contribution in [-0.4, -0.2) is 74.0 Å². The van der Waals surface area contributed by atoms with Gasteiger partial charge in [0.2, 0.25) is 0 Å². The number of nitrogens with zero attached hydrogens (tertiary/aromatic N) is 1. The maximum Gasteiger partial charge on any atom is 0.260 e. The summed E-state index contributed by atoms with van der Waals surface area (Å²) in [6.07, 6.45) is 0. The van der Waals surface area contributed by atoms with E-state index in [0.29, 0.717) is 31.9 Å². The Hall–Kier alpha value is -1.84. The van der Waals surface area contributed by atoms with Crippen molar-refractivity contribution in [1.29, 1.82) is 0 Å². The predicted octanol–water partition coefficient (Wildman–Crippen LogP) is -1.96. The summed E-state index contributed by atoms with van der Waals surface area (Å²) in [5.41, 5.74) is 0. The number of rotatable bonds is 6. The number of hydrogen-bond donors (Lipinski definition) is 2. The van der Waals surface area contributed by atoms with Crippen molar-refractivity contribution in [3.63, 3.8) is 0 Å². The molecule has 1 aliphatic heterocycles. The molecule has 1 aromatic carbocycles. The van der Waals surface area contributed by atoms with Crippen LogP contribution >= 0.6 is 0 Å². The average molecular weight is 344 g/mol. The molecule has 1 fully saturated rings. The van der Waals surface area contributed by atoms with E-state index in [1.54, 1.807) is 17.0 Å². The normalized spacial score (nSPS) is 16.3. The minimum Gasteiger partial charge on any atom is -0.748 e. The summed E-state index contributed by atoms with van der Waals surface area (Å²) in [5, 5.41) is 9.17. The number of ether oxygens (including phenoxy) is 1. The highest BCUT2D eigenvalue weighted by Crippen LogP contribution is 2.15. The third-order valence-corrected chi connectivity index (χ3v) is 4.43. The summed E-state index contributed by atoms with van der Waals surface area (Å²) in [7, 11) is -4.18. The number of hydrogen-bond acceptors (Lipinski definition) is 6. The topological polar surface area (TPSA) is 111 Å². The molecule has 128 valence electrons. The van der Waals surface area contributed by atoms with Gasteiger partial charge in [0.1, 0.15) is 21.6 Å². The number of benzene rings is 1. The number of quaternary nitrogens is 1. The second-order valence-corrected chi connectivity index (χ2v) is 6.95. The molecule has 0 aliphatic carbocycles. The van der Waals surface area contributed by atoms with Gasteiger partial charge in [0.25, 0.3) is 5.91 Å². The van der Waals surface area contributed by atoms with Crippen LogP contribution in [0.25, 0.3) is 0 Å². The van der Waals surface area contributed by atoms with E-state index in [0.717, 1.165) is 4.90 Å². The molecule has 0 spiro atoms. The van der Waals surface area contributed by atoms with E-state index in [1.807, 2.05) is 0 Å². The van der Waals surface area contributed by atoms with Gasteiger partial charge in [-0.05, 0) is 24.3 Å². The summed E-state index contributed by atoms with van der Waals surface area (Å²) < 4.78 is 37.2. The number of amides is 1. The summed E-state index contributed by atoms with van der Waals surface area (Å²) in [6, 6.07) is 6.11. The first-order chi connectivity index (χ1) is 10.8. The lowest BCUT2D eigenvalue weighted by Crippen LogP contribution is -3.15. The van der Waals surface area contributed by atoms with Gasteiger partial charge in [-0.3, -0.25) is 4.79 Å². The highest BCUT2D eigenvalue weighted by Gasteiger charge is 2.24. The Labute approximate surface area is 135 Å². The number of piperazine rings is 1. The number of carbonyl (C=O) groups is 1. The van der Waals surface area contributed by atoms with Crippen LogP contribution in [0, 0.1) is 0 Å². The molecule has 1 saturated heterocycles. The van der Waals surface area contributed by atoms with Gasteiger partial charge in [0, 0.05) is 0 Å². The van der Waals surface area contributed by atoms with Crippen LogP contribution < -0.4 is 9.64 Å². The Morgan fingerprint density at radius 2 is 1.87 bits per heavy atom. The van der Waals surface area contributed by atoms with Crippen LogP contribution in [0.15, 0.2) is 24.3 Å². The standard InChI is InChI=1S/C14H20N2O6S/c17-12-1-3-13(4-2-12)22-11-14(18)16-7-5-15(6-8-16)9-10-23(19,20)21/h1-4,17H,5-11H2,(H,19,20,21). The predicted molar refractivity (Wildman–Crippen MR) is 80.3 cm³/mol. The molecule has 1 amide bonds. The van der Waals surface area contributed by atoms with E-state index in [-0.39, 0.29) is 30.6 Å². The van der Waals surface area contributed by atoms with Crippen molar-refractivity contribution >= 4 is 16.0 Å². The minimum atomic E-state index is -4.18. The zero-order valence-electron chi connectivity index (χ0n) is 12.6. The monoisotopic (exact) mass is 344 g/mol. The van der Waals surface area contributed by atoms with Crippen LogP contribution in [0.1, 0.15) is 0 Å². The van der Waals surface area contributed by atoms with E-state index in [2.05, 4.69) is 0 Å². The first-order valence-corrected chi connectivity index (χ1v) is 8.88. The summed E-state index contributed by atoms with van der Waals surface area (Å²) >= 11 is 0.